The molecule has 1 atom stereocenters. The first-order chi connectivity index (χ1) is 8.83. The average Bonchev–Trinajstić information content (AvgIpc) is 2.35. The number of aliphatic carboxylic acids is 1. The van der Waals surface area contributed by atoms with E-state index in [9.17, 15) is 4.79 Å². The van der Waals surface area contributed by atoms with Crippen LogP contribution in [0.2, 0.25) is 0 Å². The molecule has 0 bridgehead atoms. The smallest absolute Gasteiger partial charge is 0.334 e. The van der Waals surface area contributed by atoms with Crippen molar-refractivity contribution in [2.45, 2.75) is 21.6 Å². The Bertz CT molecular complexity index is 457. The zero-order chi connectivity index (χ0) is 14.5. The van der Waals surface area contributed by atoms with Crippen LogP contribution in [0.25, 0.3) is 0 Å². The number of carbonyl (C=O) groups is 1. The molecule has 0 heterocycles. The Kier molecular flexibility index (Phi) is 6.56. The molecule has 19 heavy (non-hydrogen) atoms. The molecule has 0 spiro atoms. The molecule has 0 aliphatic carbocycles. The normalized spacial score (nSPS) is 14.0. The van der Waals surface area contributed by atoms with Gasteiger partial charge in [-0.25, -0.2) is 4.79 Å². The Morgan fingerprint density at radius 3 is 2.53 bits per heavy atom. The molecule has 1 N–H and O–H groups in total. The second kappa shape index (κ2) is 7.45. The number of rotatable bonds is 6. The molecule has 0 fully saturated rings. The lowest BCUT2D eigenvalue weighted by Gasteiger charge is -2.26. The first-order valence-electron chi connectivity index (χ1n) is 5.44. The Labute approximate surface area is 137 Å². The van der Waals surface area contributed by atoms with Crippen LogP contribution in [0.1, 0.15) is 12.5 Å². The van der Waals surface area contributed by atoms with Gasteiger partial charge in [0.25, 0.3) is 0 Å². The topological polar surface area (TPSA) is 46.5 Å². The Balaban J connectivity index is 2.66. The maximum Gasteiger partial charge on any atom is 0.334 e. The molecule has 0 radical (unpaired) electrons. The van der Waals surface area contributed by atoms with Crippen LogP contribution in [0.15, 0.2) is 42.2 Å². The van der Waals surface area contributed by atoms with Crippen LogP contribution in [0.5, 0.6) is 0 Å². The van der Waals surface area contributed by atoms with Crippen molar-refractivity contribution in [2.24, 2.45) is 0 Å². The lowest BCUT2D eigenvalue weighted by Crippen LogP contribution is -2.28. The Morgan fingerprint density at radius 2 is 2.00 bits per heavy atom. The molecule has 0 aliphatic heterocycles. The van der Waals surface area contributed by atoms with Gasteiger partial charge >= 0.3 is 5.97 Å². The zero-order valence-corrected chi connectivity index (χ0v) is 14.9. The van der Waals surface area contributed by atoms with Crippen LogP contribution in [0, 0.1) is 0 Å². The van der Waals surface area contributed by atoms with Gasteiger partial charge in [0.1, 0.15) is 3.23 Å². The number of ether oxygens (including phenoxy) is 1. The second-order valence-electron chi connectivity index (χ2n) is 3.98. The van der Waals surface area contributed by atoms with Crippen LogP contribution in [-0.4, -0.2) is 19.3 Å². The predicted octanol–water partition coefficient (Wildman–Crippen LogP) is 4.44. The third-order valence-corrected chi connectivity index (χ3v) is 5.93. The van der Waals surface area contributed by atoms with Crippen LogP contribution < -0.4 is 0 Å². The minimum absolute atomic E-state index is 0.139. The molecular formula is C13H13Br3O3. The quantitative estimate of drug-likeness (QED) is 0.391. The lowest BCUT2D eigenvalue weighted by atomic mass is 10.1. The van der Waals surface area contributed by atoms with Gasteiger partial charge in [-0.15, -0.1) is 0 Å². The van der Waals surface area contributed by atoms with Gasteiger partial charge in [0, 0.05) is 6.42 Å². The fourth-order valence-corrected chi connectivity index (χ4v) is 2.39. The van der Waals surface area contributed by atoms with Crippen molar-refractivity contribution in [1.82, 2.24) is 0 Å². The largest absolute Gasteiger partial charge is 0.484 e. The van der Waals surface area contributed by atoms with E-state index in [1.165, 1.54) is 13.2 Å². The van der Waals surface area contributed by atoms with Crippen molar-refractivity contribution in [3.63, 3.8) is 0 Å². The van der Waals surface area contributed by atoms with E-state index >= 15 is 0 Å². The summed E-state index contributed by atoms with van der Waals surface area (Å²) in [5.41, 5.74) is 1.27. The standard InChI is InChI=1S/C13H13Br3O3/c1-9(11(17)18)8-19-12(14)13(15,16)7-10-5-3-2-4-6-10/h2-6,8,12H,7H2,1H3,(H,17,18). The molecule has 1 unspecified atom stereocenters. The number of hydrogen-bond acceptors (Lipinski definition) is 2. The SMILES string of the molecule is CC(=COC(Br)C(Br)(Br)Cc1ccccc1)C(=O)O. The molecule has 1 aromatic rings. The van der Waals surface area contributed by atoms with Crippen LogP contribution in [-0.2, 0) is 16.0 Å². The van der Waals surface area contributed by atoms with Crippen LogP contribution >= 0.6 is 47.8 Å². The van der Waals surface area contributed by atoms with Crippen molar-refractivity contribution >= 4 is 53.8 Å². The van der Waals surface area contributed by atoms with E-state index in [1.807, 2.05) is 30.3 Å². The molecule has 0 saturated heterocycles. The molecule has 0 amide bonds. The average molecular weight is 457 g/mol. The number of carboxylic acid groups (broad SMARTS) is 1. The summed E-state index contributed by atoms with van der Waals surface area (Å²) in [6, 6.07) is 9.90. The van der Waals surface area contributed by atoms with Gasteiger partial charge < -0.3 is 9.84 Å². The van der Waals surface area contributed by atoms with Crippen LogP contribution in [0.4, 0.5) is 0 Å². The fraction of sp³-hybridized carbons (Fsp3) is 0.308. The van der Waals surface area contributed by atoms with Crippen LogP contribution in [0.3, 0.4) is 0 Å². The molecule has 104 valence electrons. The number of carboxylic acids is 1. The molecule has 3 nitrogen and oxygen atoms in total. The highest BCUT2D eigenvalue weighted by Crippen LogP contribution is 2.39. The fourth-order valence-electron chi connectivity index (χ4n) is 1.26. The van der Waals surface area contributed by atoms with Gasteiger partial charge in [-0.05, 0) is 28.4 Å². The number of alkyl halides is 3. The molecule has 0 saturated carbocycles. The van der Waals surface area contributed by atoms with Gasteiger partial charge in [0.05, 0.1) is 11.8 Å². The van der Waals surface area contributed by atoms with Gasteiger partial charge in [0.15, 0.2) is 5.01 Å². The summed E-state index contributed by atoms with van der Waals surface area (Å²) in [4.78, 5) is 10.7. The summed E-state index contributed by atoms with van der Waals surface area (Å²) >= 11 is 10.5. The number of hydrogen-bond donors (Lipinski definition) is 1. The van der Waals surface area contributed by atoms with E-state index in [0.29, 0.717) is 6.42 Å². The highest BCUT2D eigenvalue weighted by molar-refractivity contribution is 9.26. The molecular weight excluding hydrogens is 444 g/mol. The van der Waals surface area contributed by atoms with Crippen molar-refractivity contribution < 1.29 is 14.6 Å². The van der Waals surface area contributed by atoms with Gasteiger partial charge in [0.2, 0.25) is 0 Å². The summed E-state index contributed by atoms with van der Waals surface area (Å²) in [5.74, 6) is -1.00. The van der Waals surface area contributed by atoms with E-state index in [-0.39, 0.29) is 5.57 Å². The predicted molar refractivity (Wildman–Crippen MR) is 85.9 cm³/mol. The molecule has 0 aliphatic rings. The third kappa shape index (κ3) is 5.67. The van der Waals surface area contributed by atoms with E-state index in [0.717, 1.165) is 5.56 Å². The summed E-state index contributed by atoms with van der Waals surface area (Å²) in [5, 5.41) is 8.32. The van der Waals surface area contributed by atoms with Gasteiger partial charge in [-0.2, -0.15) is 0 Å². The van der Waals surface area contributed by atoms with E-state index in [2.05, 4.69) is 47.8 Å². The molecule has 0 aromatic heterocycles. The van der Waals surface area contributed by atoms with E-state index in [4.69, 9.17) is 9.84 Å². The van der Waals surface area contributed by atoms with Crippen molar-refractivity contribution in [3.05, 3.63) is 47.7 Å². The van der Waals surface area contributed by atoms with E-state index in [1.54, 1.807) is 0 Å². The second-order valence-corrected chi connectivity index (χ2v) is 8.71. The highest BCUT2D eigenvalue weighted by atomic mass is 79.9. The monoisotopic (exact) mass is 454 g/mol. The highest BCUT2D eigenvalue weighted by Gasteiger charge is 2.33. The van der Waals surface area contributed by atoms with Gasteiger partial charge in [-0.1, -0.05) is 62.2 Å². The Morgan fingerprint density at radius 1 is 1.42 bits per heavy atom. The summed E-state index contributed by atoms with van der Waals surface area (Å²) in [6.07, 6.45) is 1.90. The maximum absolute atomic E-state index is 10.7. The molecule has 1 aromatic carbocycles. The maximum atomic E-state index is 10.7. The minimum Gasteiger partial charge on any atom is -0.484 e. The first-order valence-corrected chi connectivity index (χ1v) is 7.94. The third-order valence-electron chi connectivity index (χ3n) is 2.32. The zero-order valence-electron chi connectivity index (χ0n) is 10.1. The van der Waals surface area contributed by atoms with Crippen molar-refractivity contribution in [2.75, 3.05) is 0 Å². The summed E-state index contributed by atoms with van der Waals surface area (Å²) in [7, 11) is 0. The number of halogens is 3. The Hall–Kier alpha value is -0.330. The number of benzene rings is 1. The lowest BCUT2D eigenvalue weighted by molar-refractivity contribution is -0.132. The summed E-state index contributed by atoms with van der Waals surface area (Å²) < 4.78 is 4.85. The van der Waals surface area contributed by atoms with Crippen molar-refractivity contribution in [3.8, 4) is 0 Å². The van der Waals surface area contributed by atoms with E-state index < -0.39 is 14.2 Å². The minimum atomic E-state index is -1.00. The summed E-state index contributed by atoms with van der Waals surface area (Å²) in [6.45, 7) is 1.48. The van der Waals surface area contributed by atoms with Gasteiger partial charge in [-0.3, -0.25) is 0 Å². The molecule has 1 rings (SSSR count). The van der Waals surface area contributed by atoms with Crippen molar-refractivity contribution in [1.29, 1.82) is 0 Å². The first kappa shape index (κ1) is 16.7. The molecule has 6 heteroatoms.